The number of alkyl carbamates (subject to hydrolysis) is 1. The van der Waals surface area contributed by atoms with E-state index in [2.05, 4.69) is 5.32 Å². The van der Waals surface area contributed by atoms with E-state index in [-0.39, 0.29) is 13.0 Å². The molecule has 0 aliphatic heterocycles. The van der Waals surface area contributed by atoms with Gasteiger partial charge in [-0.15, -0.1) is 0 Å². The Balaban J connectivity index is 2.37. The summed E-state index contributed by atoms with van der Waals surface area (Å²) < 4.78 is 22.9. The van der Waals surface area contributed by atoms with Gasteiger partial charge in [0.05, 0.1) is 6.42 Å². The number of carbonyl (C=O) groups excluding carboxylic acids is 3. The predicted molar refractivity (Wildman–Crippen MR) is 94.2 cm³/mol. The molecule has 0 aliphatic rings. The number of nitrogens with one attached hydrogen (secondary N) is 1. The van der Waals surface area contributed by atoms with Crippen LogP contribution in [0.3, 0.4) is 0 Å². The summed E-state index contributed by atoms with van der Waals surface area (Å²) in [5, 5.41) is 2.43. The normalized spacial score (nSPS) is 10.8. The average molecular weight is 368 g/mol. The minimum Gasteiger partial charge on any atom is -0.455 e. The van der Waals surface area contributed by atoms with Gasteiger partial charge in [-0.2, -0.15) is 0 Å². The molecule has 1 aromatic carbocycles. The first-order valence-corrected chi connectivity index (χ1v) is 8.30. The fourth-order valence-corrected chi connectivity index (χ4v) is 2.00. The lowest BCUT2D eigenvalue weighted by molar-refractivity contribution is -0.147. The maximum Gasteiger partial charge on any atom is 0.407 e. The number of esters is 1. The largest absolute Gasteiger partial charge is 0.455 e. The Hall–Kier alpha value is -2.64. The van der Waals surface area contributed by atoms with Gasteiger partial charge < -0.3 is 19.7 Å². The predicted octanol–water partition coefficient (Wildman–Crippen LogP) is 2.64. The van der Waals surface area contributed by atoms with E-state index in [1.165, 1.54) is 29.2 Å². The van der Waals surface area contributed by atoms with E-state index in [9.17, 15) is 18.8 Å². The first-order valence-electron chi connectivity index (χ1n) is 8.30. The molecular formula is C18H25FN2O5. The van der Waals surface area contributed by atoms with Gasteiger partial charge in [0.2, 0.25) is 0 Å². The molecule has 0 saturated carbocycles. The molecule has 0 unspecified atom stereocenters. The smallest absolute Gasteiger partial charge is 0.407 e. The molecule has 1 N–H and O–H groups in total. The van der Waals surface area contributed by atoms with Crippen LogP contribution in [0.5, 0.6) is 0 Å². The van der Waals surface area contributed by atoms with Crippen LogP contribution in [0.15, 0.2) is 24.3 Å². The molecule has 1 rings (SSSR count). The molecule has 8 heteroatoms. The zero-order valence-electron chi connectivity index (χ0n) is 15.5. The number of hydrogen-bond acceptors (Lipinski definition) is 5. The molecule has 0 aliphatic carbocycles. The highest BCUT2D eigenvalue weighted by Gasteiger charge is 2.18. The zero-order valence-corrected chi connectivity index (χ0v) is 15.5. The number of anilines is 1. The Morgan fingerprint density at radius 2 is 1.77 bits per heavy atom. The van der Waals surface area contributed by atoms with Crippen LogP contribution in [0.25, 0.3) is 0 Å². The second kappa shape index (κ2) is 9.74. The Kier molecular flexibility index (Phi) is 8.02. The lowest BCUT2D eigenvalue weighted by Gasteiger charge is -2.21. The topological polar surface area (TPSA) is 84.9 Å². The highest BCUT2D eigenvalue weighted by atomic mass is 19.1. The molecule has 0 atom stereocenters. The molecule has 26 heavy (non-hydrogen) atoms. The monoisotopic (exact) mass is 368 g/mol. The molecule has 0 saturated heterocycles. The highest BCUT2D eigenvalue weighted by Crippen LogP contribution is 2.15. The molecule has 0 bridgehead atoms. The summed E-state index contributed by atoms with van der Waals surface area (Å²) >= 11 is 0. The zero-order chi connectivity index (χ0) is 19.7. The minimum absolute atomic E-state index is 0.0391. The minimum atomic E-state index is -0.630. The van der Waals surface area contributed by atoms with Gasteiger partial charge in [-0.25, -0.2) is 9.18 Å². The maximum atomic E-state index is 13.0. The van der Waals surface area contributed by atoms with Crippen molar-refractivity contribution < 1.29 is 28.2 Å². The van der Waals surface area contributed by atoms with Crippen molar-refractivity contribution in [2.24, 2.45) is 0 Å². The molecule has 2 amide bonds. The van der Waals surface area contributed by atoms with Crippen molar-refractivity contribution in [3.05, 3.63) is 30.1 Å². The number of benzene rings is 1. The van der Waals surface area contributed by atoms with Crippen LogP contribution in [0, 0.1) is 5.82 Å². The Morgan fingerprint density at radius 1 is 1.15 bits per heavy atom. The molecule has 0 heterocycles. The van der Waals surface area contributed by atoms with Gasteiger partial charge in [0.15, 0.2) is 6.61 Å². The summed E-state index contributed by atoms with van der Waals surface area (Å²) in [6, 6.07) is 5.45. The lowest BCUT2D eigenvalue weighted by atomic mass is 10.2. The lowest BCUT2D eigenvalue weighted by Crippen LogP contribution is -2.35. The van der Waals surface area contributed by atoms with Crippen molar-refractivity contribution >= 4 is 23.7 Å². The maximum absolute atomic E-state index is 13.0. The number of nitrogens with zero attached hydrogens (tertiary/aromatic N) is 1. The second-order valence-electron chi connectivity index (χ2n) is 6.45. The fraction of sp³-hybridized carbons (Fsp3) is 0.500. The van der Waals surface area contributed by atoms with Crippen LogP contribution >= 0.6 is 0 Å². The summed E-state index contributed by atoms with van der Waals surface area (Å²) in [5.41, 5.74) is -0.109. The third kappa shape index (κ3) is 7.96. The molecule has 0 fully saturated rings. The number of amides is 2. The van der Waals surface area contributed by atoms with E-state index in [0.29, 0.717) is 12.2 Å². The third-order valence-corrected chi connectivity index (χ3v) is 3.11. The van der Waals surface area contributed by atoms with Crippen molar-refractivity contribution in [1.29, 1.82) is 0 Å². The summed E-state index contributed by atoms with van der Waals surface area (Å²) in [7, 11) is 0. The number of hydrogen-bond donors (Lipinski definition) is 1. The molecule has 144 valence electrons. The standard InChI is InChI=1S/C18H25FN2O5/c1-5-21(14-8-6-13(19)7-9-14)15(22)12-25-16(23)10-11-20-17(24)26-18(2,3)4/h6-9H,5,10-12H2,1-4H3,(H,20,24). The van der Waals surface area contributed by atoms with Crippen LogP contribution < -0.4 is 10.2 Å². The summed E-state index contributed by atoms with van der Waals surface area (Å²) in [6.07, 6.45) is -0.718. The van der Waals surface area contributed by atoms with Crippen LogP contribution in [-0.2, 0) is 19.1 Å². The van der Waals surface area contributed by atoms with E-state index in [1.54, 1.807) is 27.7 Å². The third-order valence-electron chi connectivity index (χ3n) is 3.11. The van der Waals surface area contributed by atoms with Crippen molar-refractivity contribution in [2.45, 2.75) is 39.7 Å². The van der Waals surface area contributed by atoms with Crippen LogP contribution in [0.2, 0.25) is 0 Å². The van der Waals surface area contributed by atoms with E-state index >= 15 is 0 Å². The Labute approximate surface area is 152 Å². The van der Waals surface area contributed by atoms with Gasteiger partial charge in [0, 0.05) is 18.8 Å². The number of likely N-dealkylation sites (N-methyl/N-ethyl adjacent to an activating group) is 1. The van der Waals surface area contributed by atoms with E-state index in [1.807, 2.05) is 0 Å². The summed E-state index contributed by atoms with van der Waals surface area (Å²) in [4.78, 5) is 36.7. The van der Waals surface area contributed by atoms with Gasteiger partial charge in [-0.05, 0) is 52.0 Å². The average Bonchev–Trinajstić information content (AvgIpc) is 2.53. The quantitative estimate of drug-likeness (QED) is 0.748. The first kappa shape index (κ1) is 21.4. The molecule has 0 radical (unpaired) electrons. The van der Waals surface area contributed by atoms with Gasteiger partial charge in [0.25, 0.3) is 5.91 Å². The second-order valence-corrected chi connectivity index (χ2v) is 6.45. The first-order chi connectivity index (χ1) is 12.1. The molecule has 1 aromatic rings. The Bertz CT molecular complexity index is 625. The summed E-state index contributed by atoms with van der Waals surface area (Å²) in [6.45, 7) is 6.90. The van der Waals surface area contributed by atoms with Crippen molar-refractivity contribution in [3.63, 3.8) is 0 Å². The van der Waals surface area contributed by atoms with E-state index < -0.39 is 36.0 Å². The van der Waals surface area contributed by atoms with Gasteiger partial charge in [0.1, 0.15) is 11.4 Å². The van der Waals surface area contributed by atoms with E-state index in [0.717, 1.165) is 0 Å². The van der Waals surface area contributed by atoms with Crippen molar-refractivity contribution in [1.82, 2.24) is 5.32 Å². The molecular weight excluding hydrogens is 343 g/mol. The summed E-state index contributed by atoms with van der Waals surface area (Å²) in [5.74, 6) is -1.45. The molecule has 0 aromatic heterocycles. The Morgan fingerprint density at radius 3 is 2.31 bits per heavy atom. The van der Waals surface area contributed by atoms with Gasteiger partial charge >= 0.3 is 12.1 Å². The number of ether oxygens (including phenoxy) is 2. The van der Waals surface area contributed by atoms with Crippen molar-refractivity contribution in [2.75, 3.05) is 24.6 Å². The van der Waals surface area contributed by atoms with Crippen LogP contribution in [0.4, 0.5) is 14.9 Å². The van der Waals surface area contributed by atoms with Crippen LogP contribution in [-0.4, -0.2) is 43.3 Å². The number of rotatable bonds is 7. The highest BCUT2D eigenvalue weighted by molar-refractivity contribution is 5.95. The van der Waals surface area contributed by atoms with Gasteiger partial charge in [-0.3, -0.25) is 9.59 Å². The SMILES string of the molecule is CCN(C(=O)COC(=O)CCNC(=O)OC(C)(C)C)c1ccc(F)cc1. The number of halogens is 1. The van der Waals surface area contributed by atoms with E-state index in [4.69, 9.17) is 9.47 Å². The number of carbonyl (C=O) groups is 3. The van der Waals surface area contributed by atoms with Gasteiger partial charge in [-0.1, -0.05) is 0 Å². The fourth-order valence-electron chi connectivity index (χ4n) is 2.00. The van der Waals surface area contributed by atoms with Crippen LogP contribution in [0.1, 0.15) is 34.1 Å². The van der Waals surface area contributed by atoms with Crippen molar-refractivity contribution in [3.8, 4) is 0 Å². The molecule has 7 nitrogen and oxygen atoms in total. The molecule has 0 spiro atoms.